The summed E-state index contributed by atoms with van der Waals surface area (Å²) in [5.74, 6) is 0. The number of benzene rings is 1. The third-order valence-corrected chi connectivity index (χ3v) is 3.75. The van der Waals surface area contributed by atoms with E-state index in [0.717, 1.165) is 25.7 Å². The summed E-state index contributed by atoms with van der Waals surface area (Å²) in [5, 5.41) is 3.60. The molecule has 1 aliphatic carbocycles. The summed E-state index contributed by atoms with van der Waals surface area (Å²) >= 11 is 0. The summed E-state index contributed by atoms with van der Waals surface area (Å²) in [6.45, 7) is 4.89. The molecule has 0 amide bonds. The Morgan fingerprint density at radius 3 is 2.58 bits per heavy atom. The van der Waals surface area contributed by atoms with Crippen molar-refractivity contribution in [3.8, 4) is 0 Å². The number of rotatable bonds is 8. The fourth-order valence-electron chi connectivity index (χ4n) is 2.24. The first-order valence-electron chi connectivity index (χ1n) is 7.17. The van der Waals surface area contributed by atoms with Crippen LogP contribution in [0.25, 0.3) is 0 Å². The number of aryl methyl sites for hydroxylation is 1. The predicted molar refractivity (Wildman–Crippen MR) is 79.3 cm³/mol. The van der Waals surface area contributed by atoms with Gasteiger partial charge in [-0.1, -0.05) is 29.8 Å². The van der Waals surface area contributed by atoms with Crippen molar-refractivity contribution >= 4 is 0 Å². The highest BCUT2D eigenvalue weighted by molar-refractivity contribution is 5.21. The lowest BCUT2D eigenvalue weighted by Gasteiger charge is -2.28. The van der Waals surface area contributed by atoms with E-state index in [9.17, 15) is 0 Å². The van der Waals surface area contributed by atoms with Crippen LogP contribution in [0, 0.1) is 6.92 Å². The summed E-state index contributed by atoms with van der Waals surface area (Å²) in [6, 6.07) is 9.97. The molecule has 0 bridgehead atoms. The van der Waals surface area contributed by atoms with Crippen molar-refractivity contribution in [2.75, 3.05) is 27.3 Å². The Balaban J connectivity index is 1.85. The van der Waals surface area contributed by atoms with Crippen LogP contribution in [-0.2, 0) is 11.3 Å². The van der Waals surface area contributed by atoms with Crippen molar-refractivity contribution in [3.05, 3.63) is 35.4 Å². The molecule has 1 aromatic carbocycles. The molecule has 106 valence electrons. The summed E-state index contributed by atoms with van der Waals surface area (Å²) in [5.41, 5.74) is 2.68. The van der Waals surface area contributed by atoms with E-state index in [2.05, 4.69) is 48.5 Å². The van der Waals surface area contributed by atoms with Crippen LogP contribution in [0.15, 0.2) is 24.3 Å². The second-order valence-electron chi connectivity index (χ2n) is 5.69. The molecule has 0 aromatic heterocycles. The van der Waals surface area contributed by atoms with Crippen molar-refractivity contribution in [1.82, 2.24) is 10.2 Å². The molecule has 0 saturated heterocycles. The molecule has 1 aliphatic rings. The number of likely N-dealkylation sites (N-methyl/N-ethyl adjacent to an activating group) is 1. The molecule has 0 heterocycles. The number of nitrogens with zero attached hydrogens (tertiary/aromatic N) is 1. The van der Waals surface area contributed by atoms with E-state index in [1.807, 2.05) is 0 Å². The van der Waals surface area contributed by atoms with Gasteiger partial charge in [-0.25, -0.2) is 0 Å². The van der Waals surface area contributed by atoms with Gasteiger partial charge < -0.3 is 10.1 Å². The molecule has 1 atom stereocenters. The highest BCUT2D eigenvalue weighted by Gasteiger charge is 2.23. The number of hydrogen-bond donors (Lipinski definition) is 1. The van der Waals surface area contributed by atoms with Crippen LogP contribution in [0.4, 0.5) is 0 Å². The fourth-order valence-corrected chi connectivity index (χ4v) is 2.24. The van der Waals surface area contributed by atoms with E-state index in [1.54, 1.807) is 7.11 Å². The number of ether oxygens (including phenoxy) is 1. The van der Waals surface area contributed by atoms with E-state index in [4.69, 9.17) is 4.74 Å². The zero-order valence-corrected chi connectivity index (χ0v) is 12.4. The van der Waals surface area contributed by atoms with E-state index in [-0.39, 0.29) is 0 Å². The van der Waals surface area contributed by atoms with E-state index in [1.165, 1.54) is 24.0 Å². The molecule has 19 heavy (non-hydrogen) atoms. The maximum Gasteiger partial charge on any atom is 0.0630 e. The van der Waals surface area contributed by atoms with Crippen LogP contribution in [0.2, 0.25) is 0 Å². The minimum Gasteiger partial charge on any atom is -0.383 e. The van der Waals surface area contributed by atoms with Crippen molar-refractivity contribution in [2.24, 2.45) is 0 Å². The molecule has 1 aromatic rings. The van der Waals surface area contributed by atoms with Gasteiger partial charge in [0, 0.05) is 32.3 Å². The van der Waals surface area contributed by atoms with Gasteiger partial charge in [0.1, 0.15) is 0 Å². The van der Waals surface area contributed by atoms with E-state index >= 15 is 0 Å². The Hall–Kier alpha value is -0.900. The van der Waals surface area contributed by atoms with Gasteiger partial charge in [0.15, 0.2) is 0 Å². The molecule has 2 rings (SSSR count). The number of methoxy groups -OCH3 is 1. The second kappa shape index (κ2) is 7.04. The Labute approximate surface area is 116 Å². The lowest BCUT2D eigenvalue weighted by atomic mass is 10.1. The maximum absolute atomic E-state index is 5.35. The zero-order chi connectivity index (χ0) is 13.7. The summed E-state index contributed by atoms with van der Waals surface area (Å²) < 4.78 is 5.35. The lowest BCUT2D eigenvalue weighted by Crippen LogP contribution is -2.43. The van der Waals surface area contributed by atoms with Gasteiger partial charge in [-0.15, -0.1) is 0 Å². The highest BCUT2D eigenvalue weighted by atomic mass is 16.5. The lowest BCUT2D eigenvalue weighted by molar-refractivity contribution is 0.101. The quantitative estimate of drug-likeness (QED) is 0.777. The number of nitrogens with one attached hydrogen (secondary N) is 1. The molecule has 0 spiro atoms. The normalized spacial score (nSPS) is 16.8. The van der Waals surface area contributed by atoms with Crippen LogP contribution in [0.5, 0.6) is 0 Å². The molecule has 0 radical (unpaired) electrons. The molecule has 1 saturated carbocycles. The Morgan fingerprint density at radius 1 is 1.32 bits per heavy atom. The fraction of sp³-hybridized carbons (Fsp3) is 0.625. The molecular weight excluding hydrogens is 236 g/mol. The van der Waals surface area contributed by atoms with Gasteiger partial charge in [-0.05, 0) is 32.4 Å². The van der Waals surface area contributed by atoms with E-state index < -0.39 is 0 Å². The Bertz CT molecular complexity index is 373. The second-order valence-corrected chi connectivity index (χ2v) is 5.69. The smallest absolute Gasteiger partial charge is 0.0630 e. The Morgan fingerprint density at radius 2 is 2.00 bits per heavy atom. The third-order valence-electron chi connectivity index (χ3n) is 3.75. The van der Waals surface area contributed by atoms with Crippen molar-refractivity contribution in [2.45, 2.75) is 38.4 Å². The topological polar surface area (TPSA) is 24.5 Å². The van der Waals surface area contributed by atoms with Crippen LogP contribution < -0.4 is 5.32 Å². The molecule has 3 heteroatoms. The summed E-state index contributed by atoms with van der Waals surface area (Å²) in [4.78, 5) is 2.38. The van der Waals surface area contributed by atoms with Crippen molar-refractivity contribution in [1.29, 1.82) is 0 Å². The maximum atomic E-state index is 5.35. The summed E-state index contributed by atoms with van der Waals surface area (Å²) in [6.07, 6.45) is 2.67. The average Bonchev–Trinajstić information content (AvgIpc) is 3.21. The van der Waals surface area contributed by atoms with E-state index in [0.29, 0.717) is 6.04 Å². The minimum atomic E-state index is 0.437. The van der Waals surface area contributed by atoms with Crippen LogP contribution >= 0.6 is 0 Å². The molecule has 1 unspecified atom stereocenters. The average molecular weight is 262 g/mol. The molecule has 1 fully saturated rings. The standard InChI is InChI=1S/C16H26N2O/c1-13-4-6-14(7-5-13)11-18(2)16(12-19-3)10-17-15-8-9-15/h4-7,15-17H,8-12H2,1-3H3. The van der Waals surface area contributed by atoms with Crippen LogP contribution in [0.1, 0.15) is 24.0 Å². The molecule has 1 N–H and O–H groups in total. The first kappa shape index (κ1) is 14.5. The molecular formula is C16H26N2O. The van der Waals surface area contributed by atoms with Crippen LogP contribution in [0.3, 0.4) is 0 Å². The summed E-state index contributed by atoms with van der Waals surface area (Å²) in [7, 11) is 3.96. The van der Waals surface area contributed by atoms with Gasteiger partial charge in [0.25, 0.3) is 0 Å². The van der Waals surface area contributed by atoms with Crippen molar-refractivity contribution in [3.63, 3.8) is 0 Å². The van der Waals surface area contributed by atoms with Gasteiger partial charge in [0.05, 0.1) is 6.61 Å². The SMILES string of the molecule is COCC(CNC1CC1)N(C)Cc1ccc(C)cc1. The molecule has 0 aliphatic heterocycles. The zero-order valence-electron chi connectivity index (χ0n) is 12.4. The van der Waals surface area contributed by atoms with Crippen LogP contribution in [-0.4, -0.2) is 44.3 Å². The van der Waals surface area contributed by atoms with Gasteiger partial charge >= 0.3 is 0 Å². The van der Waals surface area contributed by atoms with Gasteiger partial charge in [-0.3, -0.25) is 4.90 Å². The highest BCUT2D eigenvalue weighted by Crippen LogP contribution is 2.18. The minimum absolute atomic E-state index is 0.437. The first-order chi connectivity index (χ1) is 9.19. The Kier molecular flexibility index (Phi) is 5.37. The predicted octanol–water partition coefficient (Wildman–Crippen LogP) is 2.19. The van der Waals surface area contributed by atoms with Gasteiger partial charge in [0.2, 0.25) is 0 Å². The van der Waals surface area contributed by atoms with Gasteiger partial charge in [-0.2, -0.15) is 0 Å². The first-order valence-corrected chi connectivity index (χ1v) is 7.17. The molecule has 3 nitrogen and oxygen atoms in total. The monoisotopic (exact) mass is 262 g/mol. The largest absolute Gasteiger partial charge is 0.383 e. The third kappa shape index (κ3) is 4.94. The van der Waals surface area contributed by atoms with Crippen molar-refractivity contribution < 1.29 is 4.74 Å². The number of hydrogen-bond acceptors (Lipinski definition) is 3.